The van der Waals surface area contributed by atoms with Crippen LogP contribution in [0.3, 0.4) is 0 Å². The largest absolute Gasteiger partial charge is 0.484 e. The molecule has 1 aliphatic rings. The summed E-state index contributed by atoms with van der Waals surface area (Å²) in [5, 5.41) is 7.14. The summed E-state index contributed by atoms with van der Waals surface area (Å²) in [7, 11) is 0. The van der Waals surface area contributed by atoms with E-state index in [1.165, 1.54) is 6.07 Å². The molecule has 122 valence electrons. The van der Waals surface area contributed by atoms with Crippen molar-refractivity contribution in [1.29, 1.82) is 0 Å². The molecule has 23 heavy (non-hydrogen) atoms. The predicted molar refractivity (Wildman–Crippen MR) is 86.6 cm³/mol. The van der Waals surface area contributed by atoms with Crippen molar-refractivity contribution in [3.05, 3.63) is 40.8 Å². The first-order valence-corrected chi connectivity index (χ1v) is 7.79. The highest BCUT2D eigenvalue weighted by Gasteiger charge is 2.19. The quantitative estimate of drug-likeness (QED) is 0.834. The number of hydrogen-bond acceptors (Lipinski definition) is 5. The second-order valence-corrected chi connectivity index (χ2v) is 5.89. The van der Waals surface area contributed by atoms with E-state index >= 15 is 0 Å². The SMILES string of the molecule is CC1CC(NC(=O)COc2ccc3ccc(=O)oc3c2)CCN1. The van der Waals surface area contributed by atoms with E-state index in [1.54, 1.807) is 24.3 Å². The molecule has 2 heterocycles. The van der Waals surface area contributed by atoms with Crippen LogP contribution in [-0.4, -0.2) is 31.1 Å². The fourth-order valence-corrected chi connectivity index (χ4v) is 2.81. The van der Waals surface area contributed by atoms with Crippen molar-refractivity contribution in [2.45, 2.75) is 31.8 Å². The average Bonchev–Trinajstić information content (AvgIpc) is 2.52. The highest BCUT2D eigenvalue weighted by atomic mass is 16.5. The van der Waals surface area contributed by atoms with Crippen LogP contribution >= 0.6 is 0 Å². The first-order valence-electron chi connectivity index (χ1n) is 7.79. The van der Waals surface area contributed by atoms with Gasteiger partial charge in [-0.3, -0.25) is 4.79 Å². The van der Waals surface area contributed by atoms with Crippen molar-refractivity contribution < 1.29 is 13.9 Å². The van der Waals surface area contributed by atoms with Gasteiger partial charge in [0.25, 0.3) is 5.91 Å². The van der Waals surface area contributed by atoms with Gasteiger partial charge >= 0.3 is 5.63 Å². The molecule has 0 bridgehead atoms. The summed E-state index contributed by atoms with van der Waals surface area (Å²) in [4.78, 5) is 23.2. The standard InChI is InChI=1S/C17H20N2O4/c1-11-8-13(6-7-18-11)19-16(20)10-22-14-4-2-12-3-5-17(21)23-15(12)9-14/h2-5,9,11,13,18H,6-8,10H2,1H3,(H,19,20). The summed E-state index contributed by atoms with van der Waals surface area (Å²) in [5.74, 6) is 0.361. The second kappa shape index (κ2) is 6.83. The zero-order chi connectivity index (χ0) is 16.2. The summed E-state index contributed by atoms with van der Waals surface area (Å²) >= 11 is 0. The van der Waals surface area contributed by atoms with Crippen molar-refractivity contribution in [3.8, 4) is 5.75 Å². The van der Waals surface area contributed by atoms with Crippen LogP contribution in [0, 0.1) is 0 Å². The molecule has 2 atom stereocenters. The van der Waals surface area contributed by atoms with E-state index in [4.69, 9.17) is 9.15 Å². The maximum Gasteiger partial charge on any atom is 0.336 e. The second-order valence-electron chi connectivity index (χ2n) is 5.89. The van der Waals surface area contributed by atoms with E-state index in [0.29, 0.717) is 17.4 Å². The van der Waals surface area contributed by atoms with E-state index in [1.807, 2.05) is 0 Å². The highest BCUT2D eigenvalue weighted by Crippen LogP contribution is 2.19. The Balaban J connectivity index is 1.57. The Kier molecular flexibility index (Phi) is 4.62. The lowest BCUT2D eigenvalue weighted by molar-refractivity contribution is -0.124. The Labute approximate surface area is 133 Å². The molecule has 1 amide bonds. The molecule has 1 aromatic heterocycles. The zero-order valence-electron chi connectivity index (χ0n) is 13.0. The molecule has 2 unspecified atom stereocenters. The van der Waals surface area contributed by atoms with Gasteiger partial charge in [0, 0.05) is 29.6 Å². The van der Waals surface area contributed by atoms with Crippen LogP contribution in [0.4, 0.5) is 0 Å². The smallest absolute Gasteiger partial charge is 0.336 e. The van der Waals surface area contributed by atoms with Gasteiger partial charge in [-0.1, -0.05) is 0 Å². The highest BCUT2D eigenvalue weighted by molar-refractivity contribution is 5.79. The molecule has 1 saturated heterocycles. The number of ether oxygens (including phenoxy) is 1. The molecule has 1 aromatic carbocycles. The maximum absolute atomic E-state index is 12.0. The third-order valence-electron chi connectivity index (χ3n) is 3.95. The lowest BCUT2D eigenvalue weighted by Crippen LogP contribution is -2.47. The van der Waals surface area contributed by atoms with Crippen LogP contribution in [-0.2, 0) is 4.79 Å². The summed E-state index contributed by atoms with van der Waals surface area (Å²) < 4.78 is 10.6. The molecule has 1 fully saturated rings. The van der Waals surface area contributed by atoms with Crippen molar-refractivity contribution in [2.24, 2.45) is 0 Å². The third kappa shape index (κ3) is 4.10. The normalized spacial score (nSPS) is 21.1. The molecule has 0 aliphatic carbocycles. The Bertz CT molecular complexity index is 756. The lowest BCUT2D eigenvalue weighted by atomic mass is 10.0. The Hall–Kier alpha value is -2.34. The minimum Gasteiger partial charge on any atom is -0.484 e. The van der Waals surface area contributed by atoms with Gasteiger partial charge in [-0.15, -0.1) is 0 Å². The van der Waals surface area contributed by atoms with E-state index in [9.17, 15) is 9.59 Å². The van der Waals surface area contributed by atoms with Crippen molar-refractivity contribution in [3.63, 3.8) is 0 Å². The van der Waals surface area contributed by atoms with Gasteiger partial charge < -0.3 is 19.8 Å². The zero-order valence-corrected chi connectivity index (χ0v) is 13.0. The van der Waals surface area contributed by atoms with Gasteiger partial charge in [-0.2, -0.15) is 0 Å². The fraction of sp³-hybridized carbons (Fsp3) is 0.412. The molecular formula is C17H20N2O4. The maximum atomic E-state index is 12.0. The number of hydrogen-bond donors (Lipinski definition) is 2. The summed E-state index contributed by atoms with van der Waals surface area (Å²) in [6.45, 7) is 2.97. The molecule has 1 aliphatic heterocycles. The number of amides is 1. The molecule has 0 radical (unpaired) electrons. The van der Waals surface area contributed by atoms with Crippen molar-refractivity contribution in [1.82, 2.24) is 10.6 Å². The molecular weight excluding hydrogens is 296 g/mol. The van der Waals surface area contributed by atoms with E-state index in [0.717, 1.165) is 24.8 Å². The summed E-state index contributed by atoms with van der Waals surface area (Å²) in [6.07, 6.45) is 1.85. The van der Waals surface area contributed by atoms with Crippen LogP contribution in [0.1, 0.15) is 19.8 Å². The molecule has 2 N–H and O–H groups in total. The van der Waals surface area contributed by atoms with Crippen molar-refractivity contribution >= 4 is 16.9 Å². The average molecular weight is 316 g/mol. The third-order valence-corrected chi connectivity index (χ3v) is 3.95. The number of benzene rings is 1. The Morgan fingerprint density at radius 3 is 3.04 bits per heavy atom. The molecule has 6 nitrogen and oxygen atoms in total. The van der Waals surface area contributed by atoms with Gasteiger partial charge in [-0.25, -0.2) is 4.79 Å². The van der Waals surface area contributed by atoms with Crippen LogP contribution in [0.2, 0.25) is 0 Å². The van der Waals surface area contributed by atoms with Gasteiger partial charge in [-0.05, 0) is 44.5 Å². The first-order chi connectivity index (χ1) is 11.1. The predicted octanol–water partition coefficient (Wildman–Crippen LogP) is 1.43. The molecule has 2 aromatic rings. The first kappa shape index (κ1) is 15.6. The molecule has 0 saturated carbocycles. The minimum absolute atomic E-state index is 0.0547. The monoisotopic (exact) mass is 316 g/mol. The fourth-order valence-electron chi connectivity index (χ4n) is 2.81. The number of rotatable bonds is 4. The molecule has 3 rings (SSSR count). The Morgan fingerprint density at radius 1 is 1.39 bits per heavy atom. The number of carbonyl (C=O) groups excluding carboxylic acids is 1. The van der Waals surface area contributed by atoms with E-state index in [-0.39, 0.29) is 18.6 Å². The van der Waals surface area contributed by atoms with Gasteiger partial charge in [0.15, 0.2) is 6.61 Å². The van der Waals surface area contributed by atoms with E-state index < -0.39 is 5.63 Å². The van der Waals surface area contributed by atoms with E-state index in [2.05, 4.69) is 17.6 Å². The van der Waals surface area contributed by atoms with Gasteiger partial charge in [0.05, 0.1) is 0 Å². The van der Waals surface area contributed by atoms with Crippen LogP contribution in [0.5, 0.6) is 5.75 Å². The van der Waals surface area contributed by atoms with Gasteiger partial charge in [0.1, 0.15) is 11.3 Å². The van der Waals surface area contributed by atoms with Crippen LogP contribution in [0.15, 0.2) is 39.5 Å². The summed E-state index contributed by atoms with van der Waals surface area (Å²) in [5.41, 5.74) is 0.0370. The lowest BCUT2D eigenvalue weighted by Gasteiger charge is -2.28. The number of carbonyl (C=O) groups is 1. The molecule has 6 heteroatoms. The molecule has 0 spiro atoms. The number of piperidine rings is 1. The summed E-state index contributed by atoms with van der Waals surface area (Å²) in [6, 6.07) is 8.83. The van der Waals surface area contributed by atoms with Crippen LogP contribution < -0.4 is 21.0 Å². The Morgan fingerprint density at radius 2 is 2.22 bits per heavy atom. The van der Waals surface area contributed by atoms with Crippen LogP contribution in [0.25, 0.3) is 11.0 Å². The number of nitrogens with one attached hydrogen (secondary N) is 2. The minimum atomic E-state index is -0.410. The van der Waals surface area contributed by atoms with Crippen molar-refractivity contribution in [2.75, 3.05) is 13.2 Å². The van der Waals surface area contributed by atoms with Gasteiger partial charge in [0.2, 0.25) is 0 Å². The topological polar surface area (TPSA) is 80.6 Å². The number of fused-ring (bicyclic) bond motifs is 1.